The molecule has 0 radical (unpaired) electrons. The quantitative estimate of drug-likeness (QED) is 0.875. The second-order valence-electron chi connectivity index (χ2n) is 2.42. The van der Waals surface area contributed by atoms with Crippen LogP contribution in [0.15, 0.2) is 16.6 Å². The molecule has 70 valence electrons. The number of carboxylic acids is 1. The van der Waals surface area contributed by atoms with E-state index >= 15 is 0 Å². The highest BCUT2D eigenvalue weighted by Gasteiger charge is 2.12. The number of hydrogen-bond acceptors (Lipinski definition) is 1. The second-order valence-corrected chi connectivity index (χ2v) is 3.27. The summed E-state index contributed by atoms with van der Waals surface area (Å²) in [5.74, 6) is -2.75. The molecular formula is C8H5BrF2O2. The average Bonchev–Trinajstić information content (AvgIpc) is 1.96. The van der Waals surface area contributed by atoms with Crippen LogP contribution in [0.2, 0.25) is 0 Å². The van der Waals surface area contributed by atoms with Crippen LogP contribution < -0.4 is 0 Å². The minimum Gasteiger partial charge on any atom is -0.481 e. The van der Waals surface area contributed by atoms with E-state index in [2.05, 4.69) is 15.9 Å². The van der Waals surface area contributed by atoms with E-state index in [-0.39, 0.29) is 10.0 Å². The third-order valence-corrected chi connectivity index (χ3v) is 2.14. The van der Waals surface area contributed by atoms with Crippen molar-refractivity contribution < 1.29 is 18.7 Å². The summed E-state index contributed by atoms with van der Waals surface area (Å²) in [7, 11) is 0. The lowest BCUT2D eigenvalue weighted by atomic mass is 10.1. The Balaban J connectivity index is 3.13. The van der Waals surface area contributed by atoms with Gasteiger partial charge in [0, 0.05) is 16.1 Å². The third kappa shape index (κ3) is 2.48. The highest BCUT2D eigenvalue weighted by molar-refractivity contribution is 9.10. The first-order chi connectivity index (χ1) is 6.00. The van der Waals surface area contributed by atoms with Gasteiger partial charge in [0.25, 0.3) is 0 Å². The maximum atomic E-state index is 12.9. The molecule has 1 aromatic rings. The topological polar surface area (TPSA) is 37.3 Å². The first-order valence-corrected chi connectivity index (χ1v) is 4.15. The zero-order valence-electron chi connectivity index (χ0n) is 6.35. The fourth-order valence-electron chi connectivity index (χ4n) is 0.892. The largest absolute Gasteiger partial charge is 0.481 e. The van der Waals surface area contributed by atoms with E-state index in [1.165, 1.54) is 0 Å². The van der Waals surface area contributed by atoms with Crippen LogP contribution in [0.1, 0.15) is 5.56 Å². The van der Waals surface area contributed by atoms with Gasteiger partial charge in [-0.1, -0.05) is 15.9 Å². The molecule has 0 aliphatic heterocycles. The smallest absolute Gasteiger partial charge is 0.307 e. The van der Waals surface area contributed by atoms with Crippen LogP contribution >= 0.6 is 15.9 Å². The fraction of sp³-hybridized carbons (Fsp3) is 0.125. The van der Waals surface area contributed by atoms with E-state index in [1.54, 1.807) is 0 Å². The standard InChI is InChI=1S/C8H5BrF2O2/c9-6-1-4(10)2-7(11)5(6)3-8(12)13/h1-2H,3H2,(H,12,13). The number of carboxylic acid groups (broad SMARTS) is 1. The lowest BCUT2D eigenvalue weighted by Crippen LogP contribution is -2.03. The molecule has 0 amide bonds. The van der Waals surface area contributed by atoms with Crippen LogP contribution in [0.3, 0.4) is 0 Å². The molecule has 0 aromatic heterocycles. The maximum absolute atomic E-state index is 12.9. The van der Waals surface area contributed by atoms with E-state index in [9.17, 15) is 13.6 Å². The van der Waals surface area contributed by atoms with Crippen molar-refractivity contribution >= 4 is 21.9 Å². The van der Waals surface area contributed by atoms with Gasteiger partial charge in [0.15, 0.2) is 0 Å². The highest BCUT2D eigenvalue weighted by Crippen LogP contribution is 2.21. The Hall–Kier alpha value is -0.970. The molecule has 0 spiro atoms. The van der Waals surface area contributed by atoms with E-state index in [4.69, 9.17) is 5.11 Å². The zero-order chi connectivity index (χ0) is 10.0. The minimum absolute atomic E-state index is 0.0473. The molecule has 0 saturated carbocycles. The molecule has 13 heavy (non-hydrogen) atoms. The first-order valence-electron chi connectivity index (χ1n) is 3.36. The summed E-state index contributed by atoms with van der Waals surface area (Å²) < 4.78 is 25.6. The van der Waals surface area contributed by atoms with Gasteiger partial charge in [-0.25, -0.2) is 8.78 Å². The van der Waals surface area contributed by atoms with Crippen molar-refractivity contribution in [2.24, 2.45) is 0 Å². The van der Waals surface area contributed by atoms with Crippen molar-refractivity contribution in [1.29, 1.82) is 0 Å². The SMILES string of the molecule is O=C(O)Cc1c(F)cc(F)cc1Br. The van der Waals surface area contributed by atoms with Gasteiger partial charge in [-0.2, -0.15) is 0 Å². The van der Waals surface area contributed by atoms with Gasteiger partial charge in [0.2, 0.25) is 0 Å². The van der Waals surface area contributed by atoms with E-state index < -0.39 is 24.0 Å². The van der Waals surface area contributed by atoms with E-state index in [1.807, 2.05) is 0 Å². The molecule has 0 aliphatic rings. The van der Waals surface area contributed by atoms with Crippen molar-refractivity contribution in [3.8, 4) is 0 Å². The summed E-state index contributed by atoms with van der Waals surface area (Å²) in [5, 5.41) is 8.40. The van der Waals surface area contributed by atoms with Gasteiger partial charge >= 0.3 is 5.97 Å². The van der Waals surface area contributed by atoms with Gasteiger partial charge in [0.05, 0.1) is 6.42 Å². The summed E-state index contributed by atoms with van der Waals surface area (Å²) in [6.45, 7) is 0. The molecule has 2 nitrogen and oxygen atoms in total. The predicted molar refractivity (Wildman–Crippen MR) is 45.4 cm³/mol. The molecule has 0 saturated heterocycles. The lowest BCUT2D eigenvalue weighted by Gasteiger charge is -2.02. The summed E-state index contributed by atoms with van der Waals surface area (Å²) in [4.78, 5) is 10.3. The number of rotatable bonds is 2. The van der Waals surface area contributed by atoms with Crippen LogP contribution in [0.25, 0.3) is 0 Å². The molecule has 5 heteroatoms. The summed E-state index contributed by atoms with van der Waals surface area (Å²) >= 11 is 2.88. The third-order valence-electron chi connectivity index (χ3n) is 1.43. The van der Waals surface area contributed by atoms with Crippen molar-refractivity contribution in [3.63, 3.8) is 0 Å². The van der Waals surface area contributed by atoms with Crippen molar-refractivity contribution in [2.45, 2.75) is 6.42 Å². The summed E-state index contributed by atoms with van der Waals surface area (Å²) in [6, 6.07) is 1.68. The molecule has 0 unspecified atom stereocenters. The molecule has 1 aromatic carbocycles. The fourth-order valence-corrected chi connectivity index (χ4v) is 1.44. The van der Waals surface area contributed by atoms with Gasteiger partial charge in [-0.3, -0.25) is 4.79 Å². The van der Waals surface area contributed by atoms with E-state index in [0.29, 0.717) is 6.07 Å². The van der Waals surface area contributed by atoms with Crippen LogP contribution in [-0.4, -0.2) is 11.1 Å². The second kappa shape index (κ2) is 3.83. The number of hydrogen-bond donors (Lipinski definition) is 1. The van der Waals surface area contributed by atoms with Crippen molar-refractivity contribution in [1.82, 2.24) is 0 Å². The Morgan fingerprint density at radius 2 is 2.08 bits per heavy atom. The van der Waals surface area contributed by atoms with Crippen LogP contribution in [-0.2, 0) is 11.2 Å². The Morgan fingerprint density at radius 3 is 2.54 bits per heavy atom. The Labute approximate surface area is 81.3 Å². The van der Waals surface area contributed by atoms with Crippen LogP contribution in [0.5, 0.6) is 0 Å². The molecule has 0 bridgehead atoms. The predicted octanol–water partition coefficient (Wildman–Crippen LogP) is 2.35. The maximum Gasteiger partial charge on any atom is 0.307 e. The molecule has 1 N–H and O–H groups in total. The van der Waals surface area contributed by atoms with Crippen LogP contribution in [0.4, 0.5) is 8.78 Å². The van der Waals surface area contributed by atoms with Gasteiger partial charge < -0.3 is 5.11 Å². The molecule has 0 atom stereocenters. The van der Waals surface area contributed by atoms with E-state index in [0.717, 1.165) is 6.07 Å². The summed E-state index contributed by atoms with van der Waals surface area (Å²) in [6.07, 6.45) is -0.466. The molecule has 0 aliphatic carbocycles. The number of carbonyl (C=O) groups is 1. The zero-order valence-corrected chi connectivity index (χ0v) is 7.94. The highest BCUT2D eigenvalue weighted by atomic mass is 79.9. The monoisotopic (exact) mass is 250 g/mol. The van der Waals surface area contributed by atoms with Crippen molar-refractivity contribution in [3.05, 3.63) is 33.8 Å². The van der Waals surface area contributed by atoms with Gasteiger partial charge in [0.1, 0.15) is 11.6 Å². The molecule has 1 rings (SSSR count). The molecular weight excluding hydrogens is 246 g/mol. The number of benzene rings is 1. The normalized spacial score (nSPS) is 10.1. The Kier molecular flexibility index (Phi) is 2.98. The minimum atomic E-state index is -1.16. The first kappa shape index (κ1) is 10.1. The van der Waals surface area contributed by atoms with Gasteiger partial charge in [-0.05, 0) is 6.07 Å². The summed E-state index contributed by atoms with van der Waals surface area (Å²) in [5.41, 5.74) is -0.0473. The number of halogens is 3. The molecule has 0 heterocycles. The van der Waals surface area contributed by atoms with Gasteiger partial charge in [-0.15, -0.1) is 0 Å². The van der Waals surface area contributed by atoms with Crippen molar-refractivity contribution in [2.75, 3.05) is 0 Å². The Morgan fingerprint density at radius 1 is 1.46 bits per heavy atom. The number of aliphatic carboxylic acids is 1. The lowest BCUT2D eigenvalue weighted by molar-refractivity contribution is -0.136. The Bertz CT molecular complexity index is 329. The average molecular weight is 251 g/mol. The van der Waals surface area contributed by atoms with Crippen LogP contribution in [0, 0.1) is 11.6 Å². The molecule has 0 fully saturated rings.